The molecule has 0 aliphatic heterocycles. The largest absolute Gasteiger partial charge is 0.395 e. The zero-order chi connectivity index (χ0) is 13.7. The summed E-state index contributed by atoms with van der Waals surface area (Å²) in [6, 6.07) is 18.3. The van der Waals surface area contributed by atoms with Gasteiger partial charge in [0.15, 0.2) is 0 Å². The number of likely N-dealkylation sites (N-methyl/N-ethyl adjacent to an activating group) is 1. The third kappa shape index (κ3) is 3.57. The third-order valence-corrected chi connectivity index (χ3v) is 3.45. The van der Waals surface area contributed by atoms with Gasteiger partial charge < -0.3 is 5.11 Å². The molecular formula is C16H18ClNO. The van der Waals surface area contributed by atoms with Crippen LogP contribution >= 0.6 is 11.6 Å². The van der Waals surface area contributed by atoms with E-state index in [0.29, 0.717) is 6.54 Å². The predicted octanol–water partition coefficient (Wildman–Crippen LogP) is 3.35. The van der Waals surface area contributed by atoms with Crippen molar-refractivity contribution in [3.63, 3.8) is 0 Å². The quantitative estimate of drug-likeness (QED) is 0.905. The number of hydrogen-bond donors (Lipinski definition) is 1. The molecule has 2 nitrogen and oxygen atoms in total. The van der Waals surface area contributed by atoms with Crippen LogP contribution in [0.25, 0.3) is 0 Å². The van der Waals surface area contributed by atoms with Crippen molar-refractivity contribution in [2.45, 2.75) is 6.04 Å². The highest BCUT2D eigenvalue weighted by atomic mass is 35.5. The van der Waals surface area contributed by atoms with Crippen molar-refractivity contribution >= 4 is 11.6 Å². The van der Waals surface area contributed by atoms with Crippen molar-refractivity contribution in [1.82, 2.24) is 4.90 Å². The number of nitrogens with zero attached hydrogens (tertiary/aromatic N) is 1. The Balaban J connectivity index is 2.37. The molecule has 100 valence electrons. The molecule has 1 N–H and O–H groups in total. The van der Waals surface area contributed by atoms with Gasteiger partial charge in [-0.3, -0.25) is 4.90 Å². The molecule has 0 aliphatic carbocycles. The van der Waals surface area contributed by atoms with Gasteiger partial charge in [0.05, 0.1) is 12.6 Å². The predicted molar refractivity (Wildman–Crippen MR) is 79.5 cm³/mol. The van der Waals surface area contributed by atoms with Gasteiger partial charge in [-0.05, 0) is 30.3 Å². The summed E-state index contributed by atoms with van der Waals surface area (Å²) in [7, 11) is 2.02. The Hall–Kier alpha value is -1.35. The molecule has 0 unspecified atom stereocenters. The average molecular weight is 276 g/mol. The van der Waals surface area contributed by atoms with E-state index in [-0.39, 0.29) is 12.6 Å². The van der Waals surface area contributed by atoms with E-state index in [4.69, 9.17) is 16.7 Å². The minimum absolute atomic E-state index is 0.130. The summed E-state index contributed by atoms with van der Waals surface area (Å²) in [5, 5.41) is 9.90. The maximum Gasteiger partial charge on any atom is 0.0600 e. The van der Waals surface area contributed by atoms with E-state index >= 15 is 0 Å². The highest BCUT2D eigenvalue weighted by Gasteiger charge is 2.18. The number of rotatable bonds is 5. The van der Waals surface area contributed by atoms with Crippen LogP contribution < -0.4 is 0 Å². The fourth-order valence-corrected chi connectivity index (χ4v) is 2.39. The van der Waals surface area contributed by atoms with Gasteiger partial charge in [-0.25, -0.2) is 0 Å². The van der Waals surface area contributed by atoms with E-state index in [1.807, 2.05) is 49.5 Å². The summed E-state index contributed by atoms with van der Waals surface area (Å²) in [5.74, 6) is 0. The molecule has 0 aliphatic rings. The lowest BCUT2D eigenvalue weighted by atomic mass is 9.97. The summed E-state index contributed by atoms with van der Waals surface area (Å²) in [5.41, 5.74) is 2.38. The highest BCUT2D eigenvalue weighted by molar-refractivity contribution is 6.30. The molecule has 0 amide bonds. The van der Waals surface area contributed by atoms with Crippen molar-refractivity contribution in [3.8, 4) is 0 Å². The molecule has 2 aromatic rings. The first-order valence-electron chi connectivity index (χ1n) is 6.34. The zero-order valence-corrected chi connectivity index (χ0v) is 11.7. The molecule has 0 fully saturated rings. The standard InChI is InChI=1S/C16H18ClNO/c1-18(11-12-19)16(13-5-3-2-4-6-13)14-7-9-15(17)10-8-14/h2-10,16,19H,11-12H2,1H3/t16-/m0/s1. The van der Waals surface area contributed by atoms with E-state index in [1.165, 1.54) is 11.1 Å². The molecule has 0 bridgehead atoms. The summed E-state index contributed by atoms with van der Waals surface area (Å²) in [6.45, 7) is 0.773. The van der Waals surface area contributed by atoms with Gasteiger partial charge in [-0.1, -0.05) is 54.1 Å². The Morgan fingerprint density at radius 2 is 1.58 bits per heavy atom. The van der Waals surface area contributed by atoms with Gasteiger partial charge in [0.25, 0.3) is 0 Å². The number of aliphatic hydroxyl groups excluding tert-OH is 1. The first-order chi connectivity index (χ1) is 9.22. The smallest absolute Gasteiger partial charge is 0.0600 e. The second-order valence-electron chi connectivity index (χ2n) is 4.57. The molecule has 19 heavy (non-hydrogen) atoms. The molecule has 0 aromatic heterocycles. The van der Waals surface area contributed by atoms with E-state index in [1.54, 1.807) is 0 Å². The van der Waals surface area contributed by atoms with Gasteiger partial charge in [0.1, 0.15) is 0 Å². The fourth-order valence-electron chi connectivity index (χ4n) is 2.27. The van der Waals surface area contributed by atoms with E-state index in [9.17, 15) is 0 Å². The Morgan fingerprint density at radius 1 is 1.00 bits per heavy atom. The first-order valence-corrected chi connectivity index (χ1v) is 6.71. The maximum absolute atomic E-state index is 9.16. The second-order valence-corrected chi connectivity index (χ2v) is 5.01. The van der Waals surface area contributed by atoms with Crippen LogP contribution in [0.2, 0.25) is 5.02 Å². The van der Waals surface area contributed by atoms with Crippen LogP contribution in [0.5, 0.6) is 0 Å². The summed E-state index contributed by atoms with van der Waals surface area (Å²) < 4.78 is 0. The van der Waals surface area contributed by atoms with Crippen LogP contribution in [-0.2, 0) is 0 Å². The average Bonchev–Trinajstić information content (AvgIpc) is 2.43. The Labute approximate surface area is 119 Å². The van der Waals surface area contributed by atoms with E-state index < -0.39 is 0 Å². The Bertz CT molecular complexity index is 498. The first kappa shape index (κ1) is 14.1. The highest BCUT2D eigenvalue weighted by Crippen LogP contribution is 2.28. The molecule has 0 saturated heterocycles. The minimum atomic E-state index is 0.130. The van der Waals surface area contributed by atoms with Crippen molar-refractivity contribution < 1.29 is 5.11 Å². The minimum Gasteiger partial charge on any atom is -0.395 e. The number of aliphatic hydroxyl groups is 1. The van der Waals surface area contributed by atoms with Crippen LogP contribution in [0.1, 0.15) is 17.2 Å². The van der Waals surface area contributed by atoms with Crippen LogP contribution in [0, 0.1) is 0 Å². The summed E-state index contributed by atoms with van der Waals surface area (Å²) in [4.78, 5) is 2.14. The number of benzene rings is 2. The SMILES string of the molecule is CN(CCO)[C@@H](c1ccccc1)c1ccc(Cl)cc1. The van der Waals surface area contributed by atoms with Crippen molar-refractivity contribution in [1.29, 1.82) is 0 Å². The molecule has 1 atom stereocenters. The fraction of sp³-hybridized carbons (Fsp3) is 0.250. The molecule has 0 heterocycles. The van der Waals surface area contributed by atoms with Crippen molar-refractivity contribution in [2.75, 3.05) is 20.2 Å². The lowest BCUT2D eigenvalue weighted by molar-refractivity contribution is 0.197. The van der Waals surface area contributed by atoms with Crippen molar-refractivity contribution in [3.05, 3.63) is 70.7 Å². The topological polar surface area (TPSA) is 23.5 Å². The van der Waals surface area contributed by atoms with Crippen LogP contribution in [0.3, 0.4) is 0 Å². The van der Waals surface area contributed by atoms with E-state index in [0.717, 1.165) is 5.02 Å². The second kappa shape index (κ2) is 6.71. The monoisotopic (exact) mass is 275 g/mol. The zero-order valence-electron chi connectivity index (χ0n) is 11.0. The molecule has 2 aromatic carbocycles. The van der Waals surface area contributed by atoms with Gasteiger partial charge in [-0.15, -0.1) is 0 Å². The Kier molecular flexibility index (Phi) is 4.97. The Morgan fingerprint density at radius 3 is 2.16 bits per heavy atom. The lowest BCUT2D eigenvalue weighted by Crippen LogP contribution is -2.28. The summed E-state index contributed by atoms with van der Waals surface area (Å²) >= 11 is 5.95. The molecule has 2 rings (SSSR count). The van der Waals surface area contributed by atoms with Gasteiger partial charge >= 0.3 is 0 Å². The van der Waals surface area contributed by atoms with Crippen molar-refractivity contribution in [2.24, 2.45) is 0 Å². The maximum atomic E-state index is 9.16. The van der Waals surface area contributed by atoms with Gasteiger partial charge in [0, 0.05) is 11.6 Å². The van der Waals surface area contributed by atoms with Crippen LogP contribution in [0.15, 0.2) is 54.6 Å². The van der Waals surface area contributed by atoms with Crippen LogP contribution in [-0.4, -0.2) is 30.2 Å². The molecule has 3 heteroatoms. The van der Waals surface area contributed by atoms with Crippen LogP contribution in [0.4, 0.5) is 0 Å². The molecule has 0 saturated carbocycles. The third-order valence-electron chi connectivity index (χ3n) is 3.19. The normalized spacial score (nSPS) is 12.6. The van der Waals surface area contributed by atoms with Gasteiger partial charge in [-0.2, -0.15) is 0 Å². The van der Waals surface area contributed by atoms with Gasteiger partial charge in [0.2, 0.25) is 0 Å². The summed E-state index contributed by atoms with van der Waals surface area (Å²) in [6.07, 6.45) is 0. The number of hydrogen-bond acceptors (Lipinski definition) is 2. The lowest BCUT2D eigenvalue weighted by Gasteiger charge is -2.28. The number of halogens is 1. The molecule has 0 spiro atoms. The molecule has 0 radical (unpaired) electrons. The van der Waals surface area contributed by atoms with E-state index in [2.05, 4.69) is 17.0 Å². The molecular weight excluding hydrogens is 258 g/mol.